The average molecular weight is 222 g/mol. The van der Waals surface area contributed by atoms with E-state index in [1.807, 2.05) is 0 Å². The van der Waals surface area contributed by atoms with Crippen LogP contribution in [0.4, 0.5) is 0 Å². The zero-order valence-corrected chi connectivity index (χ0v) is 8.70. The van der Waals surface area contributed by atoms with Gasteiger partial charge in [0.05, 0.1) is 11.9 Å². The number of carbonyl (C=O) groups is 1. The molecule has 1 aliphatic rings. The van der Waals surface area contributed by atoms with Gasteiger partial charge in [0.2, 0.25) is 15.9 Å². The number of sulfonamides is 1. The van der Waals surface area contributed by atoms with Crippen LogP contribution in [0.5, 0.6) is 0 Å². The van der Waals surface area contributed by atoms with Gasteiger partial charge in [-0.2, -0.15) is 4.31 Å². The van der Waals surface area contributed by atoms with Crippen LogP contribution in [-0.4, -0.2) is 48.2 Å². The van der Waals surface area contributed by atoms with E-state index in [0.717, 1.165) is 4.31 Å². The smallest absolute Gasteiger partial charge is 0.235 e. The molecule has 0 radical (unpaired) electrons. The van der Waals surface area contributed by atoms with E-state index in [9.17, 15) is 18.3 Å². The summed E-state index contributed by atoms with van der Waals surface area (Å²) >= 11 is 0. The van der Waals surface area contributed by atoms with Crippen molar-refractivity contribution >= 4 is 15.9 Å². The maximum absolute atomic E-state index is 11.5. The fourth-order valence-corrected chi connectivity index (χ4v) is 2.82. The van der Waals surface area contributed by atoms with Gasteiger partial charge in [-0.05, 0) is 6.92 Å². The van der Waals surface area contributed by atoms with Crippen LogP contribution in [0, 0.1) is 0 Å². The second-order valence-electron chi connectivity index (χ2n) is 3.28. The van der Waals surface area contributed by atoms with Gasteiger partial charge in [0.15, 0.2) is 0 Å². The minimum atomic E-state index is -3.45. The van der Waals surface area contributed by atoms with Crippen molar-refractivity contribution < 1.29 is 18.3 Å². The Morgan fingerprint density at radius 1 is 1.64 bits per heavy atom. The largest absolute Gasteiger partial charge is 0.392 e. The van der Waals surface area contributed by atoms with Crippen molar-refractivity contribution in [2.75, 3.05) is 12.3 Å². The summed E-state index contributed by atoms with van der Waals surface area (Å²) in [5.74, 6) is -0.803. The van der Waals surface area contributed by atoms with Crippen molar-refractivity contribution in [3.05, 3.63) is 0 Å². The molecule has 0 spiro atoms. The van der Waals surface area contributed by atoms with E-state index in [1.165, 1.54) is 6.92 Å². The van der Waals surface area contributed by atoms with Gasteiger partial charge in [-0.25, -0.2) is 8.42 Å². The Morgan fingerprint density at radius 3 is 2.64 bits per heavy atom. The van der Waals surface area contributed by atoms with Gasteiger partial charge in [0, 0.05) is 13.0 Å². The van der Waals surface area contributed by atoms with Gasteiger partial charge in [-0.15, -0.1) is 0 Å². The summed E-state index contributed by atoms with van der Waals surface area (Å²) in [6.45, 7) is 1.45. The molecule has 0 aromatic heterocycles. The summed E-state index contributed by atoms with van der Waals surface area (Å²) in [7, 11) is -3.45. The molecule has 6 nitrogen and oxygen atoms in total. The zero-order valence-electron chi connectivity index (χ0n) is 7.88. The predicted octanol–water partition coefficient (Wildman–Crippen LogP) is -1.74. The summed E-state index contributed by atoms with van der Waals surface area (Å²) in [4.78, 5) is 10.9. The Hall–Kier alpha value is -0.660. The number of nitrogens with two attached hydrogens (primary N) is 1. The molecule has 82 valence electrons. The highest BCUT2D eigenvalue weighted by molar-refractivity contribution is 7.89. The first-order valence-electron chi connectivity index (χ1n) is 4.35. The number of primary amides is 1. The third-order valence-corrected chi connectivity index (χ3v) is 4.13. The third-order valence-electron chi connectivity index (χ3n) is 2.28. The van der Waals surface area contributed by atoms with Gasteiger partial charge < -0.3 is 10.8 Å². The van der Waals surface area contributed by atoms with Crippen molar-refractivity contribution in [2.24, 2.45) is 5.73 Å². The SMILES string of the molecule is CCS(=O)(=O)N1CC(O)CC1C(N)=O. The second-order valence-corrected chi connectivity index (χ2v) is 5.49. The van der Waals surface area contributed by atoms with Crippen LogP contribution in [0.15, 0.2) is 0 Å². The fraction of sp³-hybridized carbons (Fsp3) is 0.857. The summed E-state index contributed by atoms with van der Waals surface area (Å²) in [6, 6.07) is -0.894. The van der Waals surface area contributed by atoms with Crippen LogP contribution in [0.3, 0.4) is 0 Å². The number of carbonyl (C=O) groups excluding carboxylic acids is 1. The average Bonchev–Trinajstić information content (AvgIpc) is 2.48. The lowest BCUT2D eigenvalue weighted by Gasteiger charge is -2.20. The lowest BCUT2D eigenvalue weighted by molar-refractivity contribution is -0.121. The minimum absolute atomic E-state index is 0.0379. The highest BCUT2D eigenvalue weighted by Gasteiger charge is 2.40. The lowest BCUT2D eigenvalue weighted by atomic mass is 10.2. The van der Waals surface area contributed by atoms with E-state index >= 15 is 0 Å². The standard InChI is InChI=1S/C7H14N2O4S/c1-2-14(12,13)9-4-5(10)3-6(9)7(8)11/h5-6,10H,2-4H2,1H3,(H2,8,11). The zero-order chi connectivity index (χ0) is 10.9. The van der Waals surface area contributed by atoms with Crippen molar-refractivity contribution in [2.45, 2.75) is 25.5 Å². The van der Waals surface area contributed by atoms with Gasteiger partial charge in [0.1, 0.15) is 6.04 Å². The Labute approximate surface area is 82.7 Å². The molecular formula is C7H14N2O4S. The fourth-order valence-electron chi connectivity index (χ4n) is 1.52. The summed E-state index contributed by atoms with van der Waals surface area (Å²) in [5.41, 5.74) is 5.05. The molecule has 7 heteroatoms. The molecule has 0 saturated carbocycles. The minimum Gasteiger partial charge on any atom is -0.392 e. The molecule has 0 bridgehead atoms. The normalized spacial score (nSPS) is 29.3. The summed E-state index contributed by atoms with van der Waals surface area (Å²) in [6.07, 6.45) is -0.706. The molecule has 14 heavy (non-hydrogen) atoms. The second kappa shape index (κ2) is 3.84. The maximum Gasteiger partial charge on any atom is 0.235 e. The number of aliphatic hydroxyl groups excluding tert-OH is 1. The monoisotopic (exact) mass is 222 g/mol. The van der Waals surface area contributed by atoms with Gasteiger partial charge >= 0.3 is 0 Å². The van der Waals surface area contributed by atoms with Crippen LogP contribution < -0.4 is 5.73 Å². The molecule has 1 rings (SSSR count). The maximum atomic E-state index is 11.5. The molecule has 3 N–H and O–H groups in total. The number of β-amino-alcohol motifs (C(OH)–C–C–N with tert-alkyl or cyclic N) is 1. The van der Waals surface area contributed by atoms with Crippen LogP contribution in [0.25, 0.3) is 0 Å². The Kier molecular flexibility index (Phi) is 3.13. The van der Waals surface area contributed by atoms with E-state index in [0.29, 0.717) is 0 Å². The molecule has 1 fully saturated rings. The molecule has 0 aromatic carbocycles. The van der Waals surface area contributed by atoms with E-state index in [-0.39, 0.29) is 18.7 Å². The van der Waals surface area contributed by atoms with Crippen molar-refractivity contribution in [3.63, 3.8) is 0 Å². The van der Waals surface area contributed by atoms with Gasteiger partial charge in [0.25, 0.3) is 0 Å². The Morgan fingerprint density at radius 2 is 2.21 bits per heavy atom. The molecule has 2 atom stereocenters. The van der Waals surface area contributed by atoms with E-state index in [4.69, 9.17) is 5.73 Å². The third kappa shape index (κ3) is 2.05. The summed E-state index contributed by atoms with van der Waals surface area (Å²) < 4.78 is 23.9. The quantitative estimate of drug-likeness (QED) is 0.591. The molecule has 2 unspecified atom stereocenters. The molecule has 1 saturated heterocycles. The number of hydrogen-bond donors (Lipinski definition) is 2. The Balaban J connectivity index is 2.93. The molecule has 1 aliphatic heterocycles. The van der Waals surface area contributed by atoms with E-state index < -0.39 is 28.1 Å². The lowest BCUT2D eigenvalue weighted by Crippen LogP contribution is -2.44. The number of rotatable bonds is 3. The van der Waals surface area contributed by atoms with Crippen LogP contribution in [0.2, 0.25) is 0 Å². The first-order valence-corrected chi connectivity index (χ1v) is 5.96. The number of nitrogens with zero attached hydrogens (tertiary/aromatic N) is 1. The van der Waals surface area contributed by atoms with Crippen LogP contribution in [-0.2, 0) is 14.8 Å². The number of aliphatic hydroxyl groups is 1. The van der Waals surface area contributed by atoms with Gasteiger partial charge in [-0.3, -0.25) is 4.79 Å². The molecule has 1 amide bonds. The van der Waals surface area contributed by atoms with Crippen LogP contribution >= 0.6 is 0 Å². The predicted molar refractivity (Wildman–Crippen MR) is 49.8 cm³/mol. The summed E-state index contributed by atoms with van der Waals surface area (Å²) in [5, 5.41) is 9.26. The van der Waals surface area contributed by atoms with E-state index in [2.05, 4.69) is 0 Å². The topological polar surface area (TPSA) is 101 Å². The highest BCUT2D eigenvalue weighted by Crippen LogP contribution is 2.21. The molecular weight excluding hydrogens is 208 g/mol. The van der Waals surface area contributed by atoms with Crippen LogP contribution in [0.1, 0.15) is 13.3 Å². The molecule has 0 aromatic rings. The van der Waals surface area contributed by atoms with Crippen molar-refractivity contribution in [1.29, 1.82) is 0 Å². The number of amides is 1. The van der Waals surface area contributed by atoms with E-state index in [1.54, 1.807) is 0 Å². The molecule has 1 heterocycles. The first kappa shape index (κ1) is 11.4. The molecule has 0 aliphatic carbocycles. The number of hydrogen-bond acceptors (Lipinski definition) is 4. The first-order chi connectivity index (χ1) is 6.38. The van der Waals surface area contributed by atoms with Crippen molar-refractivity contribution in [3.8, 4) is 0 Å². The Bertz CT molecular complexity index is 327. The van der Waals surface area contributed by atoms with Gasteiger partial charge in [-0.1, -0.05) is 0 Å². The van der Waals surface area contributed by atoms with Crippen molar-refractivity contribution in [1.82, 2.24) is 4.31 Å². The highest BCUT2D eigenvalue weighted by atomic mass is 32.2.